The summed E-state index contributed by atoms with van der Waals surface area (Å²) in [5.74, 6) is -1.66. The van der Waals surface area contributed by atoms with Gasteiger partial charge in [-0.3, -0.25) is 0 Å². The third-order valence-corrected chi connectivity index (χ3v) is 3.73. The molecule has 0 spiro atoms. The Kier molecular flexibility index (Phi) is 4.49. The minimum Gasteiger partial charge on any atom is -0.386 e. The zero-order valence-electron chi connectivity index (χ0n) is 9.90. The Morgan fingerprint density at radius 2 is 2.10 bits per heavy atom. The highest BCUT2D eigenvalue weighted by Gasteiger charge is 2.19. The summed E-state index contributed by atoms with van der Waals surface area (Å²) in [5.41, 5.74) is -0.285. The van der Waals surface area contributed by atoms with E-state index in [-0.39, 0.29) is 17.3 Å². The lowest BCUT2D eigenvalue weighted by Crippen LogP contribution is -2.15. The zero-order chi connectivity index (χ0) is 14.7. The standard InChI is InChI=1S/C12H8ClF2N3OS/c13-11-6(4-16)12(20-18-11)17-5-9(19)10-7(14)2-1-3-8(10)15/h1-3,9,17,19H,5H2. The maximum atomic E-state index is 13.5. The molecule has 1 aromatic heterocycles. The van der Waals surface area contributed by atoms with Crippen LogP contribution in [0.2, 0.25) is 5.15 Å². The summed E-state index contributed by atoms with van der Waals surface area (Å²) in [6.45, 7) is -0.176. The molecule has 20 heavy (non-hydrogen) atoms. The zero-order valence-corrected chi connectivity index (χ0v) is 11.5. The van der Waals surface area contributed by atoms with Gasteiger partial charge < -0.3 is 10.4 Å². The van der Waals surface area contributed by atoms with E-state index in [1.807, 2.05) is 6.07 Å². The minimum absolute atomic E-state index is 0.0477. The predicted octanol–water partition coefficient (Wildman–Crippen LogP) is 3.09. The monoisotopic (exact) mass is 315 g/mol. The molecular weight excluding hydrogens is 308 g/mol. The molecule has 4 nitrogen and oxygen atoms in total. The summed E-state index contributed by atoms with van der Waals surface area (Å²) in [4.78, 5) is 0. The normalized spacial score (nSPS) is 11.9. The van der Waals surface area contributed by atoms with Gasteiger partial charge in [0.2, 0.25) is 0 Å². The minimum atomic E-state index is -1.40. The maximum absolute atomic E-state index is 13.5. The van der Waals surface area contributed by atoms with Crippen molar-refractivity contribution >= 4 is 28.1 Å². The number of rotatable bonds is 4. The van der Waals surface area contributed by atoms with Gasteiger partial charge in [-0.2, -0.15) is 9.64 Å². The van der Waals surface area contributed by atoms with Gasteiger partial charge in [0.05, 0.1) is 5.56 Å². The van der Waals surface area contributed by atoms with Crippen LogP contribution in [0, 0.1) is 23.0 Å². The number of halogens is 3. The Hall–Kier alpha value is -1.75. The van der Waals surface area contributed by atoms with Crippen LogP contribution in [0.5, 0.6) is 0 Å². The van der Waals surface area contributed by atoms with E-state index in [2.05, 4.69) is 9.69 Å². The first-order chi connectivity index (χ1) is 9.54. The maximum Gasteiger partial charge on any atom is 0.162 e. The number of benzene rings is 1. The highest BCUT2D eigenvalue weighted by atomic mass is 35.5. The van der Waals surface area contributed by atoms with Crippen LogP contribution in [0.15, 0.2) is 18.2 Å². The molecule has 1 aromatic carbocycles. The third-order valence-electron chi connectivity index (χ3n) is 2.55. The highest BCUT2D eigenvalue weighted by Crippen LogP contribution is 2.28. The number of nitrogens with one attached hydrogen (secondary N) is 1. The molecule has 1 atom stereocenters. The Bertz CT molecular complexity index is 651. The van der Waals surface area contributed by atoms with E-state index in [0.717, 1.165) is 23.7 Å². The van der Waals surface area contributed by atoms with Gasteiger partial charge in [-0.25, -0.2) is 8.78 Å². The number of hydrogen-bond acceptors (Lipinski definition) is 5. The van der Waals surface area contributed by atoms with Crippen LogP contribution in [-0.4, -0.2) is 16.0 Å². The Morgan fingerprint density at radius 1 is 1.45 bits per heavy atom. The van der Waals surface area contributed by atoms with E-state index in [4.69, 9.17) is 16.9 Å². The van der Waals surface area contributed by atoms with E-state index < -0.39 is 23.3 Å². The molecule has 0 fully saturated rings. The number of hydrogen-bond donors (Lipinski definition) is 2. The van der Waals surface area contributed by atoms with E-state index >= 15 is 0 Å². The second-order valence-electron chi connectivity index (χ2n) is 3.82. The number of nitriles is 1. The van der Waals surface area contributed by atoms with Crippen molar-refractivity contribution in [3.05, 3.63) is 46.1 Å². The Morgan fingerprint density at radius 3 is 2.70 bits per heavy atom. The summed E-state index contributed by atoms with van der Waals surface area (Å²) in [6, 6.07) is 5.19. The molecule has 1 unspecified atom stereocenters. The molecule has 0 radical (unpaired) electrons. The summed E-state index contributed by atoms with van der Waals surface area (Å²) < 4.78 is 30.7. The predicted molar refractivity (Wildman–Crippen MR) is 71.6 cm³/mol. The number of aromatic nitrogens is 1. The fourth-order valence-electron chi connectivity index (χ4n) is 1.61. The van der Waals surface area contributed by atoms with Crippen LogP contribution in [-0.2, 0) is 0 Å². The van der Waals surface area contributed by atoms with Crippen molar-refractivity contribution in [1.82, 2.24) is 4.37 Å². The molecule has 0 amide bonds. The molecule has 0 saturated carbocycles. The van der Waals surface area contributed by atoms with Crippen LogP contribution >= 0.6 is 23.1 Å². The third kappa shape index (κ3) is 2.88. The fraction of sp³-hybridized carbons (Fsp3) is 0.167. The van der Waals surface area contributed by atoms with E-state index in [9.17, 15) is 13.9 Å². The molecule has 0 aliphatic carbocycles. The average Bonchev–Trinajstić information content (AvgIpc) is 2.76. The summed E-state index contributed by atoms with van der Waals surface area (Å²) in [6.07, 6.45) is -1.40. The van der Waals surface area contributed by atoms with Crippen LogP contribution in [0.4, 0.5) is 13.8 Å². The second-order valence-corrected chi connectivity index (χ2v) is 4.95. The van der Waals surface area contributed by atoms with Gasteiger partial charge >= 0.3 is 0 Å². The topological polar surface area (TPSA) is 68.9 Å². The van der Waals surface area contributed by atoms with Crippen molar-refractivity contribution < 1.29 is 13.9 Å². The molecule has 8 heteroatoms. The highest BCUT2D eigenvalue weighted by molar-refractivity contribution is 7.10. The number of aliphatic hydroxyl groups is 1. The fourth-order valence-corrected chi connectivity index (χ4v) is 2.55. The molecular formula is C12H8ClF2N3OS. The molecule has 2 N–H and O–H groups in total. The van der Waals surface area contributed by atoms with Crippen molar-refractivity contribution in [3.63, 3.8) is 0 Å². The largest absolute Gasteiger partial charge is 0.386 e. The van der Waals surface area contributed by atoms with Crippen LogP contribution < -0.4 is 5.32 Å². The van der Waals surface area contributed by atoms with E-state index in [1.54, 1.807) is 0 Å². The van der Waals surface area contributed by atoms with Crippen LogP contribution in [0.25, 0.3) is 0 Å². The molecule has 0 bridgehead atoms. The molecule has 0 aliphatic rings. The summed E-state index contributed by atoms with van der Waals surface area (Å²) >= 11 is 6.61. The lowest BCUT2D eigenvalue weighted by atomic mass is 10.1. The second kappa shape index (κ2) is 6.13. The molecule has 2 aromatic rings. The first-order valence-corrected chi connectivity index (χ1v) is 6.60. The van der Waals surface area contributed by atoms with E-state index in [1.165, 1.54) is 6.07 Å². The van der Waals surface area contributed by atoms with Crippen LogP contribution in [0.1, 0.15) is 17.2 Å². The molecule has 2 rings (SSSR count). The van der Waals surface area contributed by atoms with Crippen molar-refractivity contribution in [2.45, 2.75) is 6.10 Å². The number of anilines is 1. The van der Waals surface area contributed by atoms with Crippen LogP contribution in [0.3, 0.4) is 0 Å². The smallest absolute Gasteiger partial charge is 0.162 e. The number of aliphatic hydroxyl groups excluding tert-OH is 1. The van der Waals surface area contributed by atoms with Crippen molar-refractivity contribution in [3.8, 4) is 6.07 Å². The van der Waals surface area contributed by atoms with Gasteiger partial charge in [-0.15, -0.1) is 0 Å². The molecule has 0 saturated heterocycles. The lowest BCUT2D eigenvalue weighted by molar-refractivity contribution is 0.181. The first-order valence-electron chi connectivity index (χ1n) is 5.45. The first kappa shape index (κ1) is 14.7. The van der Waals surface area contributed by atoms with Gasteiger partial charge in [-0.1, -0.05) is 17.7 Å². The van der Waals surface area contributed by atoms with Crippen molar-refractivity contribution in [2.24, 2.45) is 0 Å². The Balaban J connectivity index is 2.13. The van der Waals surface area contributed by atoms with Gasteiger partial charge in [0.1, 0.15) is 34.4 Å². The van der Waals surface area contributed by atoms with Gasteiger partial charge in [0.15, 0.2) is 5.15 Å². The van der Waals surface area contributed by atoms with Crippen molar-refractivity contribution in [1.29, 1.82) is 5.26 Å². The van der Waals surface area contributed by atoms with Crippen molar-refractivity contribution in [2.75, 3.05) is 11.9 Å². The van der Waals surface area contributed by atoms with E-state index in [0.29, 0.717) is 5.00 Å². The quantitative estimate of drug-likeness (QED) is 0.909. The summed E-state index contributed by atoms with van der Waals surface area (Å²) in [7, 11) is 0. The molecule has 0 aliphatic heterocycles. The van der Waals surface area contributed by atoms with Gasteiger partial charge in [-0.05, 0) is 23.7 Å². The average molecular weight is 316 g/mol. The molecule has 1 heterocycles. The number of nitrogens with zero attached hydrogens (tertiary/aromatic N) is 2. The summed E-state index contributed by atoms with van der Waals surface area (Å²) in [5, 5.41) is 21.8. The molecule has 104 valence electrons. The van der Waals surface area contributed by atoms with Gasteiger partial charge in [0, 0.05) is 6.54 Å². The Labute approximate surface area is 122 Å². The SMILES string of the molecule is N#Cc1c(Cl)nsc1NCC(O)c1c(F)cccc1F. The lowest BCUT2D eigenvalue weighted by Gasteiger charge is -2.13. The van der Waals surface area contributed by atoms with Gasteiger partial charge in [0.25, 0.3) is 0 Å².